The van der Waals surface area contributed by atoms with E-state index in [4.69, 9.17) is 5.26 Å². The van der Waals surface area contributed by atoms with Crippen molar-refractivity contribution in [2.24, 2.45) is 0 Å². The Hall–Kier alpha value is -2.93. The van der Waals surface area contributed by atoms with E-state index in [1.165, 1.54) is 5.56 Å². The van der Waals surface area contributed by atoms with Crippen LogP contribution in [0.3, 0.4) is 0 Å². The molecule has 0 bridgehead atoms. The van der Waals surface area contributed by atoms with Gasteiger partial charge in [0.2, 0.25) is 0 Å². The highest BCUT2D eigenvalue weighted by Gasteiger charge is 2.03. The Morgan fingerprint density at radius 1 is 1.10 bits per heavy atom. The minimum absolute atomic E-state index is 0.612. The molecule has 1 N–H and O–H groups in total. The van der Waals surface area contributed by atoms with Crippen molar-refractivity contribution >= 4 is 16.6 Å². The molecule has 0 spiro atoms. The van der Waals surface area contributed by atoms with Crippen LogP contribution in [-0.2, 0) is 6.42 Å². The van der Waals surface area contributed by atoms with Crippen LogP contribution in [0.5, 0.6) is 0 Å². The minimum atomic E-state index is 0.612. The maximum absolute atomic E-state index is 9.05. The van der Waals surface area contributed by atoms with Gasteiger partial charge in [-0.1, -0.05) is 24.3 Å². The zero-order valence-corrected chi connectivity index (χ0v) is 11.5. The first-order chi connectivity index (χ1) is 10.4. The van der Waals surface area contributed by atoms with Crippen molar-refractivity contribution in [2.75, 3.05) is 11.9 Å². The van der Waals surface area contributed by atoms with E-state index in [1.807, 2.05) is 18.3 Å². The fourth-order valence-corrected chi connectivity index (χ4v) is 2.33. The molecule has 0 aliphatic carbocycles. The monoisotopic (exact) mass is 274 g/mol. The van der Waals surface area contributed by atoms with Crippen molar-refractivity contribution in [1.82, 2.24) is 9.97 Å². The largest absolute Gasteiger partial charge is 0.382 e. The lowest BCUT2D eigenvalue weighted by Gasteiger charge is -2.09. The van der Waals surface area contributed by atoms with Crippen LogP contribution in [0.15, 0.2) is 55.0 Å². The van der Waals surface area contributed by atoms with Crippen LogP contribution < -0.4 is 5.32 Å². The summed E-state index contributed by atoms with van der Waals surface area (Å²) in [5.74, 6) is 0. The molecule has 0 unspecified atom stereocenters. The molecule has 1 aromatic carbocycles. The van der Waals surface area contributed by atoms with E-state index in [9.17, 15) is 0 Å². The van der Waals surface area contributed by atoms with E-state index < -0.39 is 0 Å². The van der Waals surface area contributed by atoms with Gasteiger partial charge in [0, 0.05) is 24.3 Å². The Balaban J connectivity index is 1.74. The first kappa shape index (κ1) is 13.1. The summed E-state index contributed by atoms with van der Waals surface area (Å²) >= 11 is 0. The van der Waals surface area contributed by atoms with E-state index in [0.29, 0.717) is 5.56 Å². The van der Waals surface area contributed by atoms with Gasteiger partial charge in [0.25, 0.3) is 0 Å². The third-order valence-corrected chi connectivity index (χ3v) is 3.37. The van der Waals surface area contributed by atoms with Crippen molar-refractivity contribution in [3.05, 3.63) is 66.1 Å². The zero-order chi connectivity index (χ0) is 14.5. The predicted molar refractivity (Wildman–Crippen MR) is 82.9 cm³/mol. The molecule has 21 heavy (non-hydrogen) atoms. The molecule has 0 fully saturated rings. The zero-order valence-electron chi connectivity index (χ0n) is 11.5. The molecular weight excluding hydrogens is 260 g/mol. The number of pyridine rings is 2. The summed E-state index contributed by atoms with van der Waals surface area (Å²) in [6, 6.07) is 14.1. The third-order valence-electron chi connectivity index (χ3n) is 3.37. The van der Waals surface area contributed by atoms with Gasteiger partial charge in [-0.05, 0) is 24.1 Å². The molecule has 0 atom stereocenters. The quantitative estimate of drug-likeness (QED) is 0.793. The van der Waals surface area contributed by atoms with E-state index >= 15 is 0 Å². The number of rotatable bonds is 4. The lowest BCUT2D eigenvalue weighted by molar-refractivity contribution is 1.02. The standard InChI is InChI=1S/C17H14N4/c18-11-15-6-9-19-12-16(15)20-10-7-14-4-1-3-13-5-2-8-21-17(13)14/h1-6,8-9,12,20H,7,10H2. The molecule has 4 heteroatoms. The van der Waals surface area contributed by atoms with Crippen LogP contribution in [0.4, 0.5) is 5.69 Å². The summed E-state index contributed by atoms with van der Waals surface area (Å²) in [6.07, 6.45) is 5.96. The smallest absolute Gasteiger partial charge is 0.101 e. The summed E-state index contributed by atoms with van der Waals surface area (Å²) in [6.45, 7) is 0.732. The molecule has 102 valence electrons. The average molecular weight is 274 g/mol. The topological polar surface area (TPSA) is 61.6 Å². The van der Waals surface area contributed by atoms with E-state index in [0.717, 1.165) is 29.6 Å². The number of nitriles is 1. The SMILES string of the molecule is N#Cc1ccncc1NCCc1cccc2cccnc12. The maximum atomic E-state index is 9.05. The summed E-state index contributed by atoms with van der Waals surface area (Å²) in [5.41, 5.74) is 3.62. The highest BCUT2D eigenvalue weighted by molar-refractivity contribution is 5.81. The second-order valence-corrected chi connectivity index (χ2v) is 4.70. The number of hydrogen-bond acceptors (Lipinski definition) is 4. The molecule has 2 heterocycles. The Morgan fingerprint density at radius 3 is 2.90 bits per heavy atom. The third kappa shape index (κ3) is 2.82. The molecule has 3 rings (SSSR count). The van der Waals surface area contributed by atoms with Crippen molar-refractivity contribution in [2.45, 2.75) is 6.42 Å². The van der Waals surface area contributed by atoms with Crippen LogP contribution >= 0.6 is 0 Å². The number of hydrogen-bond donors (Lipinski definition) is 1. The van der Waals surface area contributed by atoms with E-state index in [-0.39, 0.29) is 0 Å². The van der Waals surface area contributed by atoms with E-state index in [1.54, 1.807) is 18.5 Å². The summed E-state index contributed by atoms with van der Waals surface area (Å²) in [7, 11) is 0. The number of fused-ring (bicyclic) bond motifs is 1. The van der Waals surface area contributed by atoms with Gasteiger partial charge < -0.3 is 5.32 Å². The van der Waals surface area contributed by atoms with Crippen molar-refractivity contribution in [3.63, 3.8) is 0 Å². The number of nitrogens with one attached hydrogen (secondary N) is 1. The fraction of sp³-hybridized carbons (Fsp3) is 0.118. The van der Waals surface area contributed by atoms with Crippen LogP contribution in [0, 0.1) is 11.3 Å². The lowest BCUT2D eigenvalue weighted by Crippen LogP contribution is -2.07. The second-order valence-electron chi connectivity index (χ2n) is 4.70. The lowest BCUT2D eigenvalue weighted by atomic mass is 10.1. The second kappa shape index (κ2) is 6.02. The number of benzene rings is 1. The number of nitrogens with zero attached hydrogens (tertiary/aromatic N) is 3. The van der Waals surface area contributed by atoms with Gasteiger partial charge >= 0.3 is 0 Å². The van der Waals surface area contributed by atoms with E-state index in [2.05, 4.69) is 39.6 Å². The number of aromatic nitrogens is 2. The highest BCUT2D eigenvalue weighted by atomic mass is 14.9. The maximum Gasteiger partial charge on any atom is 0.101 e. The molecule has 0 aliphatic heterocycles. The van der Waals surface area contributed by atoms with Gasteiger partial charge in [0.1, 0.15) is 6.07 Å². The molecular formula is C17H14N4. The Kier molecular flexibility index (Phi) is 3.74. The van der Waals surface area contributed by atoms with Gasteiger partial charge in [-0.25, -0.2) is 0 Å². The van der Waals surface area contributed by atoms with Crippen LogP contribution in [0.1, 0.15) is 11.1 Å². The normalized spacial score (nSPS) is 10.2. The molecule has 0 saturated heterocycles. The van der Waals surface area contributed by atoms with Crippen molar-refractivity contribution < 1.29 is 0 Å². The molecule has 3 aromatic rings. The first-order valence-electron chi connectivity index (χ1n) is 6.79. The van der Waals surface area contributed by atoms with Crippen LogP contribution in [0.25, 0.3) is 10.9 Å². The molecule has 2 aromatic heterocycles. The molecule has 0 radical (unpaired) electrons. The Bertz CT molecular complexity index is 800. The predicted octanol–water partition coefficient (Wildman–Crippen LogP) is 3.16. The average Bonchev–Trinajstić information content (AvgIpc) is 2.55. The molecule has 4 nitrogen and oxygen atoms in total. The molecule has 0 saturated carbocycles. The fourth-order valence-electron chi connectivity index (χ4n) is 2.33. The molecule has 0 aliphatic rings. The van der Waals surface area contributed by atoms with Crippen molar-refractivity contribution in [3.8, 4) is 6.07 Å². The first-order valence-corrected chi connectivity index (χ1v) is 6.79. The van der Waals surface area contributed by atoms with Crippen LogP contribution in [0.2, 0.25) is 0 Å². The number of para-hydroxylation sites is 1. The Labute approximate surface area is 123 Å². The van der Waals surface area contributed by atoms with Crippen molar-refractivity contribution in [1.29, 1.82) is 5.26 Å². The minimum Gasteiger partial charge on any atom is -0.382 e. The van der Waals surface area contributed by atoms with Gasteiger partial charge in [-0.2, -0.15) is 5.26 Å². The summed E-state index contributed by atoms with van der Waals surface area (Å²) in [5, 5.41) is 13.5. The highest BCUT2D eigenvalue weighted by Crippen LogP contribution is 2.17. The van der Waals surface area contributed by atoms with Gasteiger partial charge in [-0.3, -0.25) is 9.97 Å². The van der Waals surface area contributed by atoms with Gasteiger partial charge in [0.15, 0.2) is 0 Å². The Morgan fingerprint density at radius 2 is 2.00 bits per heavy atom. The van der Waals surface area contributed by atoms with Gasteiger partial charge in [-0.15, -0.1) is 0 Å². The summed E-state index contributed by atoms with van der Waals surface area (Å²) < 4.78 is 0. The number of anilines is 1. The van der Waals surface area contributed by atoms with Crippen LogP contribution in [-0.4, -0.2) is 16.5 Å². The molecule has 0 amide bonds. The van der Waals surface area contributed by atoms with Gasteiger partial charge in [0.05, 0.1) is 23.0 Å². The summed E-state index contributed by atoms with van der Waals surface area (Å²) in [4.78, 5) is 8.49.